The first-order valence-corrected chi connectivity index (χ1v) is 10.3. The van der Waals surface area contributed by atoms with Crippen LogP contribution in [-0.2, 0) is 13.0 Å². The number of nitrogens with zero attached hydrogens (tertiary/aromatic N) is 2. The minimum atomic E-state index is 0.0208. The van der Waals surface area contributed by atoms with Crippen LogP contribution >= 0.6 is 11.3 Å². The summed E-state index contributed by atoms with van der Waals surface area (Å²) >= 11 is 1.72. The molecule has 2 heterocycles. The zero-order chi connectivity index (χ0) is 19.2. The number of aromatic nitrogens is 2. The largest absolute Gasteiger partial charge is 0.352 e. The van der Waals surface area contributed by atoms with Gasteiger partial charge in [0.05, 0.1) is 10.6 Å². The number of hydrogen-bond donors (Lipinski definition) is 1. The fourth-order valence-corrected chi connectivity index (χ4v) is 4.07. The normalized spacial score (nSPS) is 10.9. The van der Waals surface area contributed by atoms with E-state index in [1.807, 2.05) is 38.1 Å². The van der Waals surface area contributed by atoms with Gasteiger partial charge in [0.1, 0.15) is 0 Å². The van der Waals surface area contributed by atoms with Gasteiger partial charge in [-0.3, -0.25) is 4.79 Å². The van der Waals surface area contributed by atoms with Crippen molar-refractivity contribution in [2.75, 3.05) is 6.54 Å². The number of unbranched alkanes of at least 4 members (excludes halogenated alkanes) is 1. The maximum absolute atomic E-state index is 12.6. The number of thiazole rings is 1. The molecule has 0 saturated carbocycles. The third kappa shape index (κ3) is 5.07. The SMILES string of the molecule is Cc1csc(CCCCNC(=O)c2cc(C)n(Cc3ccccc3)c2C)n1. The summed E-state index contributed by atoms with van der Waals surface area (Å²) in [6, 6.07) is 12.3. The van der Waals surface area contributed by atoms with E-state index in [9.17, 15) is 4.79 Å². The molecule has 4 nitrogen and oxygen atoms in total. The maximum atomic E-state index is 12.6. The lowest BCUT2D eigenvalue weighted by molar-refractivity contribution is 0.0952. The molecule has 0 bridgehead atoms. The summed E-state index contributed by atoms with van der Waals surface area (Å²) in [5.41, 5.74) is 5.24. The molecule has 142 valence electrons. The Bertz CT molecular complexity index is 896. The van der Waals surface area contributed by atoms with Crippen molar-refractivity contribution in [2.45, 2.75) is 46.6 Å². The standard InChI is InChI=1S/C22H27N3OS/c1-16-15-27-21(24-16)11-7-8-12-23-22(26)20-13-17(2)25(18(20)3)14-19-9-5-4-6-10-19/h4-6,9-10,13,15H,7-8,11-12,14H2,1-3H3,(H,23,26). The van der Waals surface area contributed by atoms with Gasteiger partial charge in [-0.05, 0) is 51.7 Å². The van der Waals surface area contributed by atoms with Crippen molar-refractivity contribution >= 4 is 17.2 Å². The molecule has 0 fully saturated rings. The minimum Gasteiger partial charge on any atom is -0.352 e. The summed E-state index contributed by atoms with van der Waals surface area (Å²) in [7, 11) is 0. The number of nitrogens with one attached hydrogen (secondary N) is 1. The van der Waals surface area contributed by atoms with Crippen molar-refractivity contribution in [2.24, 2.45) is 0 Å². The van der Waals surface area contributed by atoms with Crippen molar-refractivity contribution in [1.82, 2.24) is 14.9 Å². The molecule has 1 N–H and O–H groups in total. The molecule has 0 unspecified atom stereocenters. The second-order valence-corrected chi connectivity index (χ2v) is 7.89. The first-order valence-electron chi connectivity index (χ1n) is 9.44. The Morgan fingerprint density at radius 1 is 1.15 bits per heavy atom. The fraction of sp³-hybridized carbons (Fsp3) is 0.364. The molecule has 0 atom stereocenters. The smallest absolute Gasteiger partial charge is 0.253 e. The van der Waals surface area contributed by atoms with Crippen molar-refractivity contribution in [3.63, 3.8) is 0 Å². The Kier molecular flexibility index (Phi) is 6.45. The number of rotatable bonds is 8. The minimum absolute atomic E-state index is 0.0208. The number of carbonyl (C=O) groups excluding carboxylic acids is 1. The van der Waals surface area contributed by atoms with Gasteiger partial charge in [0.2, 0.25) is 0 Å². The van der Waals surface area contributed by atoms with Crippen LogP contribution in [0.25, 0.3) is 0 Å². The van der Waals surface area contributed by atoms with Gasteiger partial charge < -0.3 is 9.88 Å². The van der Waals surface area contributed by atoms with Gasteiger partial charge in [0, 0.05) is 35.6 Å². The highest BCUT2D eigenvalue weighted by molar-refractivity contribution is 7.09. The lowest BCUT2D eigenvalue weighted by atomic mass is 10.2. The summed E-state index contributed by atoms with van der Waals surface area (Å²) in [6.07, 6.45) is 2.99. The number of benzene rings is 1. The molecule has 1 aromatic carbocycles. The van der Waals surface area contributed by atoms with Gasteiger partial charge in [-0.2, -0.15) is 0 Å². The molecule has 0 aliphatic rings. The summed E-state index contributed by atoms with van der Waals surface area (Å²) in [6.45, 7) is 7.59. The molecule has 0 spiro atoms. The average molecular weight is 382 g/mol. The van der Waals surface area contributed by atoms with Gasteiger partial charge in [0.25, 0.3) is 5.91 Å². The Labute approximate surface area is 165 Å². The highest BCUT2D eigenvalue weighted by Crippen LogP contribution is 2.17. The van der Waals surface area contributed by atoms with Crippen LogP contribution in [-0.4, -0.2) is 22.0 Å². The van der Waals surface area contributed by atoms with Crippen LogP contribution in [0, 0.1) is 20.8 Å². The van der Waals surface area contributed by atoms with Crippen molar-refractivity contribution in [3.8, 4) is 0 Å². The third-order valence-electron chi connectivity index (χ3n) is 4.77. The molecule has 0 aliphatic carbocycles. The van der Waals surface area contributed by atoms with Crippen LogP contribution in [0.5, 0.6) is 0 Å². The van der Waals surface area contributed by atoms with Gasteiger partial charge >= 0.3 is 0 Å². The third-order valence-corrected chi connectivity index (χ3v) is 5.80. The van der Waals surface area contributed by atoms with E-state index in [0.717, 1.165) is 48.5 Å². The second kappa shape index (κ2) is 9.00. The van der Waals surface area contributed by atoms with Crippen molar-refractivity contribution < 1.29 is 4.79 Å². The summed E-state index contributed by atoms with van der Waals surface area (Å²) in [5.74, 6) is 0.0208. The van der Waals surface area contributed by atoms with Crippen LogP contribution in [0.1, 0.15) is 50.9 Å². The van der Waals surface area contributed by atoms with Gasteiger partial charge in [-0.15, -0.1) is 11.3 Å². The van der Waals surface area contributed by atoms with Crippen LogP contribution in [0.15, 0.2) is 41.8 Å². The van der Waals surface area contributed by atoms with Crippen LogP contribution in [0.2, 0.25) is 0 Å². The molecule has 0 aliphatic heterocycles. The molecular weight excluding hydrogens is 354 g/mol. The fourth-order valence-electron chi connectivity index (χ4n) is 3.26. The first kappa shape index (κ1) is 19.4. The molecule has 0 saturated heterocycles. The molecule has 27 heavy (non-hydrogen) atoms. The topological polar surface area (TPSA) is 46.9 Å². The number of amides is 1. The molecule has 5 heteroatoms. The van der Waals surface area contributed by atoms with Gasteiger partial charge in [-0.25, -0.2) is 4.98 Å². The van der Waals surface area contributed by atoms with Crippen LogP contribution in [0.4, 0.5) is 0 Å². The molecule has 1 amide bonds. The van der Waals surface area contributed by atoms with E-state index < -0.39 is 0 Å². The number of carbonyl (C=O) groups is 1. The van der Waals surface area contributed by atoms with E-state index in [2.05, 4.69) is 39.3 Å². The summed E-state index contributed by atoms with van der Waals surface area (Å²) in [5, 5.41) is 6.34. The quantitative estimate of drug-likeness (QED) is 0.576. The van der Waals surface area contributed by atoms with E-state index in [1.165, 1.54) is 10.6 Å². The summed E-state index contributed by atoms with van der Waals surface area (Å²) < 4.78 is 2.20. The Balaban J connectivity index is 1.51. The maximum Gasteiger partial charge on any atom is 0.253 e. The number of aryl methyl sites for hydroxylation is 3. The van der Waals surface area contributed by atoms with Crippen LogP contribution < -0.4 is 5.32 Å². The number of hydrogen-bond acceptors (Lipinski definition) is 3. The van der Waals surface area contributed by atoms with Crippen molar-refractivity contribution in [3.05, 3.63) is 75.0 Å². The lowest BCUT2D eigenvalue weighted by Crippen LogP contribution is -2.25. The Hall–Kier alpha value is -2.40. The molecular formula is C22H27N3OS. The predicted octanol–water partition coefficient (Wildman–Crippen LogP) is 4.67. The first-order chi connectivity index (χ1) is 13.0. The van der Waals surface area contributed by atoms with E-state index in [0.29, 0.717) is 6.54 Å². The van der Waals surface area contributed by atoms with Crippen LogP contribution in [0.3, 0.4) is 0 Å². The zero-order valence-corrected chi connectivity index (χ0v) is 17.1. The predicted molar refractivity (Wildman–Crippen MR) is 112 cm³/mol. The highest BCUT2D eigenvalue weighted by atomic mass is 32.1. The molecule has 3 rings (SSSR count). The van der Waals surface area contributed by atoms with E-state index in [1.54, 1.807) is 11.3 Å². The van der Waals surface area contributed by atoms with E-state index in [-0.39, 0.29) is 5.91 Å². The molecule has 2 aromatic heterocycles. The highest BCUT2D eigenvalue weighted by Gasteiger charge is 2.15. The summed E-state index contributed by atoms with van der Waals surface area (Å²) in [4.78, 5) is 17.1. The zero-order valence-electron chi connectivity index (χ0n) is 16.3. The molecule has 3 aromatic rings. The average Bonchev–Trinajstić information content (AvgIpc) is 3.20. The lowest BCUT2D eigenvalue weighted by Gasteiger charge is -2.10. The van der Waals surface area contributed by atoms with E-state index in [4.69, 9.17) is 0 Å². The van der Waals surface area contributed by atoms with Gasteiger partial charge in [0.15, 0.2) is 0 Å². The van der Waals surface area contributed by atoms with Crippen molar-refractivity contribution in [1.29, 1.82) is 0 Å². The van der Waals surface area contributed by atoms with Gasteiger partial charge in [-0.1, -0.05) is 30.3 Å². The van der Waals surface area contributed by atoms with E-state index >= 15 is 0 Å². The Morgan fingerprint density at radius 3 is 2.63 bits per heavy atom. The Morgan fingerprint density at radius 2 is 1.93 bits per heavy atom. The monoisotopic (exact) mass is 381 g/mol. The molecule has 0 radical (unpaired) electrons. The second-order valence-electron chi connectivity index (χ2n) is 6.95.